The van der Waals surface area contributed by atoms with Gasteiger partial charge in [0.05, 0.1) is 0 Å². The second-order valence-electron chi connectivity index (χ2n) is 4.78. The number of nitrogens with zero attached hydrogens (tertiary/aromatic N) is 1. The molecule has 100 valence electrons. The smallest absolute Gasteiger partial charge is 0.214 e. The minimum Gasteiger partial charge on any atom is -0.473 e. The molecule has 18 heavy (non-hydrogen) atoms. The molecule has 0 radical (unpaired) electrons. The number of aromatic nitrogens is 1. The maximum absolute atomic E-state index is 5.51. The van der Waals surface area contributed by atoms with Gasteiger partial charge in [0.1, 0.15) is 6.61 Å². The van der Waals surface area contributed by atoms with E-state index >= 15 is 0 Å². The van der Waals surface area contributed by atoms with Crippen molar-refractivity contribution in [3.05, 3.63) is 36.0 Å². The monoisotopic (exact) mass is 248 g/mol. The molecule has 0 saturated heterocycles. The number of hydrogen-bond donors (Lipinski definition) is 1. The van der Waals surface area contributed by atoms with Crippen molar-refractivity contribution < 1.29 is 4.74 Å². The molecule has 1 heterocycles. The fourth-order valence-electron chi connectivity index (χ4n) is 1.63. The lowest BCUT2D eigenvalue weighted by molar-refractivity contribution is 0.347. The first-order valence-electron chi connectivity index (χ1n) is 6.60. The van der Waals surface area contributed by atoms with Crippen molar-refractivity contribution in [2.45, 2.75) is 33.7 Å². The Balaban J connectivity index is 2.67. The first-order chi connectivity index (χ1) is 8.65. The summed E-state index contributed by atoms with van der Waals surface area (Å²) < 4.78 is 5.51. The molecule has 0 unspecified atom stereocenters. The number of pyridine rings is 1. The molecule has 0 aliphatic carbocycles. The molecule has 0 amide bonds. The van der Waals surface area contributed by atoms with E-state index in [2.05, 4.69) is 43.7 Å². The highest BCUT2D eigenvalue weighted by Crippen LogP contribution is 2.13. The van der Waals surface area contributed by atoms with Gasteiger partial charge < -0.3 is 10.1 Å². The topological polar surface area (TPSA) is 34.1 Å². The third-order valence-electron chi connectivity index (χ3n) is 2.51. The summed E-state index contributed by atoms with van der Waals surface area (Å²) in [5.41, 5.74) is 2.29. The Hall–Kier alpha value is -1.35. The van der Waals surface area contributed by atoms with E-state index in [-0.39, 0.29) is 0 Å². The van der Waals surface area contributed by atoms with Gasteiger partial charge in [-0.05, 0) is 30.5 Å². The molecular weight excluding hydrogens is 224 g/mol. The van der Waals surface area contributed by atoms with Crippen LogP contribution in [-0.2, 0) is 13.0 Å². The summed E-state index contributed by atoms with van der Waals surface area (Å²) in [4.78, 5) is 4.43. The molecule has 1 rings (SSSR count). The van der Waals surface area contributed by atoms with Crippen LogP contribution in [0.3, 0.4) is 0 Å². The fraction of sp³-hybridized carbons (Fsp3) is 0.533. The minimum absolute atomic E-state index is 0.499. The van der Waals surface area contributed by atoms with Gasteiger partial charge in [-0.2, -0.15) is 0 Å². The van der Waals surface area contributed by atoms with Crippen molar-refractivity contribution in [1.82, 2.24) is 10.3 Å². The zero-order chi connectivity index (χ0) is 13.4. The zero-order valence-electron chi connectivity index (χ0n) is 11.7. The molecule has 1 aromatic heterocycles. The summed E-state index contributed by atoms with van der Waals surface area (Å²) in [6, 6.07) is 4.13. The number of hydrogen-bond acceptors (Lipinski definition) is 3. The second-order valence-corrected chi connectivity index (χ2v) is 4.78. The third-order valence-corrected chi connectivity index (χ3v) is 2.51. The van der Waals surface area contributed by atoms with Gasteiger partial charge in [0, 0.05) is 18.3 Å². The Kier molecular flexibility index (Phi) is 6.44. The Morgan fingerprint density at radius 1 is 1.44 bits per heavy atom. The van der Waals surface area contributed by atoms with Gasteiger partial charge in [0.25, 0.3) is 0 Å². The van der Waals surface area contributed by atoms with E-state index in [0.29, 0.717) is 18.4 Å². The predicted octanol–water partition coefficient (Wildman–Crippen LogP) is 2.95. The van der Waals surface area contributed by atoms with E-state index in [9.17, 15) is 0 Å². The summed E-state index contributed by atoms with van der Waals surface area (Å²) in [5.74, 6) is 1.35. The number of rotatable bonds is 8. The summed E-state index contributed by atoms with van der Waals surface area (Å²) >= 11 is 0. The second kappa shape index (κ2) is 7.88. The SMILES string of the molecule is C=CCOc1cc(CNCC(C)C)cc(CC)n1. The molecule has 1 N–H and O–H groups in total. The highest BCUT2D eigenvalue weighted by atomic mass is 16.5. The van der Waals surface area contributed by atoms with Crippen LogP contribution in [-0.4, -0.2) is 18.1 Å². The fourth-order valence-corrected chi connectivity index (χ4v) is 1.63. The Morgan fingerprint density at radius 3 is 2.83 bits per heavy atom. The van der Waals surface area contributed by atoms with Gasteiger partial charge in [-0.1, -0.05) is 33.4 Å². The van der Waals surface area contributed by atoms with E-state index in [1.54, 1.807) is 6.08 Å². The predicted molar refractivity (Wildman–Crippen MR) is 75.9 cm³/mol. The molecule has 0 saturated carbocycles. The van der Waals surface area contributed by atoms with Gasteiger partial charge in [-0.25, -0.2) is 4.98 Å². The van der Waals surface area contributed by atoms with Crippen molar-refractivity contribution in [2.24, 2.45) is 5.92 Å². The van der Waals surface area contributed by atoms with Gasteiger partial charge >= 0.3 is 0 Å². The van der Waals surface area contributed by atoms with E-state index in [1.807, 2.05) is 6.07 Å². The van der Waals surface area contributed by atoms with Gasteiger partial charge in [0.2, 0.25) is 5.88 Å². The lowest BCUT2D eigenvalue weighted by atomic mass is 10.2. The first-order valence-corrected chi connectivity index (χ1v) is 6.60. The van der Waals surface area contributed by atoms with Crippen LogP contribution in [0.2, 0.25) is 0 Å². The number of ether oxygens (including phenoxy) is 1. The molecule has 0 atom stereocenters. The van der Waals surface area contributed by atoms with Crippen LogP contribution in [0.4, 0.5) is 0 Å². The van der Waals surface area contributed by atoms with Crippen LogP contribution < -0.4 is 10.1 Å². The quantitative estimate of drug-likeness (QED) is 0.718. The molecule has 3 heteroatoms. The number of aryl methyl sites for hydroxylation is 1. The van der Waals surface area contributed by atoms with E-state index in [4.69, 9.17) is 4.74 Å². The molecule has 3 nitrogen and oxygen atoms in total. The van der Waals surface area contributed by atoms with E-state index < -0.39 is 0 Å². The first kappa shape index (κ1) is 14.7. The molecule has 0 spiro atoms. The van der Waals surface area contributed by atoms with Gasteiger partial charge in [-0.15, -0.1) is 0 Å². The van der Waals surface area contributed by atoms with Crippen LogP contribution in [0, 0.1) is 5.92 Å². The highest BCUT2D eigenvalue weighted by molar-refractivity contribution is 5.25. The van der Waals surface area contributed by atoms with Gasteiger partial charge in [-0.3, -0.25) is 0 Å². The lowest BCUT2D eigenvalue weighted by Gasteiger charge is -2.10. The Labute approximate surface area is 110 Å². The van der Waals surface area contributed by atoms with Crippen molar-refractivity contribution >= 4 is 0 Å². The maximum atomic E-state index is 5.51. The molecule has 0 aromatic carbocycles. The van der Waals surface area contributed by atoms with Crippen LogP contribution >= 0.6 is 0 Å². The van der Waals surface area contributed by atoms with Crippen LogP contribution in [0.15, 0.2) is 24.8 Å². The molecule has 0 aliphatic rings. The molecule has 0 bridgehead atoms. The molecule has 0 aliphatic heterocycles. The third kappa shape index (κ3) is 5.32. The maximum Gasteiger partial charge on any atom is 0.214 e. The summed E-state index contributed by atoms with van der Waals surface area (Å²) in [5, 5.41) is 3.43. The zero-order valence-corrected chi connectivity index (χ0v) is 11.7. The van der Waals surface area contributed by atoms with Crippen molar-refractivity contribution in [3.8, 4) is 5.88 Å². The van der Waals surface area contributed by atoms with Crippen LogP contribution in [0.1, 0.15) is 32.0 Å². The van der Waals surface area contributed by atoms with Gasteiger partial charge in [0.15, 0.2) is 0 Å². The minimum atomic E-state index is 0.499. The summed E-state index contributed by atoms with van der Waals surface area (Å²) in [6.45, 7) is 12.5. The summed E-state index contributed by atoms with van der Waals surface area (Å²) in [7, 11) is 0. The molecular formula is C15H24N2O. The largest absolute Gasteiger partial charge is 0.473 e. The van der Waals surface area contributed by atoms with Crippen LogP contribution in [0.5, 0.6) is 5.88 Å². The van der Waals surface area contributed by atoms with Crippen molar-refractivity contribution in [2.75, 3.05) is 13.2 Å². The van der Waals surface area contributed by atoms with E-state index in [0.717, 1.165) is 25.2 Å². The average Bonchev–Trinajstić information content (AvgIpc) is 2.35. The normalized spacial score (nSPS) is 10.7. The average molecular weight is 248 g/mol. The Bertz CT molecular complexity index is 375. The molecule has 1 aromatic rings. The summed E-state index contributed by atoms with van der Waals surface area (Å²) in [6.07, 6.45) is 2.65. The van der Waals surface area contributed by atoms with E-state index in [1.165, 1.54) is 5.56 Å². The highest BCUT2D eigenvalue weighted by Gasteiger charge is 2.03. The van der Waals surface area contributed by atoms with Crippen molar-refractivity contribution in [1.29, 1.82) is 0 Å². The Morgan fingerprint density at radius 2 is 2.22 bits per heavy atom. The standard InChI is InChI=1S/C15H24N2O/c1-5-7-18-15-9-13(8-14(6-2)17-15)11-16-10-12(3)4/h5,8-9,12,16H,1,6-7,10-11H2,2-4H3. The van der Waals surface area contributed by atoms with Crippen molar-refractivity contribution in [3.63, 3.8) is 0 Å². The lowest BCUT2D eigenvalue weighted by Crippen LogP contribution is -2.19. The number of nitrogens with one attached hydrogen (secondary N) is 1. The van der Waals surface area contributed by atoms with Crippen LogP contribution in [0.25, 0.3) is 0 Å². The molecule has 0 fully saturated rings.